The van der Waals surface area contributed by atoms with Crippen LogP contribution >= 0.6 is 27.7 Å². The van der Waals surface area contributed by atoms with E-state index >= 15 is 0 Å². The number of aliphatic hydroxyl groups is 1. The van der Waals surface area contributed by atoms with E-state index in [1.807, 2.05) is 18.4 Å². The van der Waals surface area contributed by atoms with Crippen molar-refractivity contribution < 1.29 is 59.2 Å². The smallest absolute Gasteiger partial charge is 0.325 e. The molecule has 60 heavy (non-hydrogen) atoms. The summed E-state index contributed by atoms with van der Waals surface area (Å²) in [6.07, 6.45) is 3.03. The maximum atomic E-state index is 14.3. The molecule has 7 rings (SSSR count). The zero-order valence-corrected chi connectivity index (χ0v) is 33.0. The molecular formula is C41H25BrF8N4O5S. The van der Waals surface area contributed by atoms with Crippen molar-refractivity contribution in [2.45, 2.75) is 17.9 Å². The normalized spacial score (nSPS) is 11.3. The fraction of sp³-hybridized carbons (Fsp3) is 0.0732. The highest BCUT2D eigenvalue weighted by molar-refractivity contribution is 9.10. The van der Waals surface area contributed by atoms with Gasteiger partial charge in [-0.3, -0.25) is 0 Å². The van der Waals surface area contributed by atoms with E-state index in [4.69, 9.17) is 18.9 Å². The third-order valence-corrected chi connectivity index (χ3v) is 9.18. The summed E-state index contributed by atoms with van der Waals surface area (Å²) in [7, 11) is 0. The van der Waals surface area contributed by atoms with Crippen LogP contribution in [-0.4, -0.2) is 31.3 Å². The first-order chi connectivity index (χ1) is 28.7. The van der Waals surface area contributed by atoms with Gasteiger partial charge in [-0.25, -0.2) is 45.1 Å². The van der Waals surface area contributed by atoms with Gasteiger partial charge in [-0.1, -0.05) is 6.07 Å². The van der Waals surface area contributed by atoms with Gasteiger partial charge in [0.25, 0.3) is 0 Å². The van der Waals surface area contributed by atoms with Crippen LogP contribution in [0.3, 0.4) is 0 Å². The van der Waals surface area contributed by atoms with Crippen molar-refractivity contribution in [3.8, 4) is 46.8 Å². The number of aliphatic hydroxyl groups excluding tert-OH is 1. The molecule has 0 aliphatic rings. The van der Waals surface area contributed by atoms with E-state index in [0.717, 1.165) is 59.0 Å². The van der Waals surface area contributed by atoms with Crippen LogP contribution in [-0.2, 0) is 0 Å². The van der Waals surface area contributed by atoms with E-state index in [9.17, 15) is 40.2 Å². The third kappa shape index (κ3) is 10.8. The minimum absolute atomic E-state index is 0.0574. The fourth-order valence-electron chi connectivity index (χ4n) is 4.98. The highest BCUT2D eigenvalue weighted by Gasteiger charge is 2.23. The Balaban J connectivity index is 0.000000213. The molecular weight excluding hydrogens is 892 g/mol. The van der Waals surface area contributed by atoms with Crippen LogP contribution in [0.2, 0.25) is 0 Å². The fourth-order valence-corrected chi connectivity index (χ4v) is 5.70. The second kappa shape index (κ2) is 19.2. The van der Waals surface area contributed by atoms with Crippen molar-refractivity contribution in [2.75, 3.05) is 6.26 Å². The van der Waals surface area contributed by atoms with Crippen LogP contribution in [0, 0.1) is 53.5 Å². The average molecular weight is 918 g/mol. The van der Waals surface area contributed by atoms with Crippen LogP contribution in [0.15, 0.2) is 113 Å². The molecule has 1 N–H and O–H groups in total. The van der Waals surface area contributed by atoms with Gasteiger partial charge in [-0.05, 0) is 101 Å². The third-order valence-electron chi connectivity index (χ3n) is 7.92. The zero-order valence-electron chi connectivity index (χ0n) is 30.6. The zero-order chi connectivity index (χ0) is 43.1. The van der Waals surface area contributed by atoms with Crippen molar-refractivity contribution in [1.82, 2.24) is 19.9 Å². The number of aryl methyl sites for hydroxylation is 1. The summed E-state index contributed by atoms with van der Waals surface area (Å²) in [5.41, 5.74) is 1.35. The highest BCUT2D eigenvalue weighted by atomic mass is 79.9. The maximum Gasteiger partial charge on any atom is 0.325 e. The van der Waals surface area contributed by atoms with Crippen LogP contribution in [0.25, 0.3) is 0 Å². The molecule has 308 valence electrons. The number of nitrogens with zero attached hydrogens (tertiary/aromatic N) is 4. The van der Waals surface area contributed by atoms with Gasteiger partial charge < -0.3 is 24.1 Å². The molecule has 0 saturated heterocycles. The Morgan fingerprint density at radius 3 is 1.40 bits per heavy atom. The lowest BCUT2D eigenvalue weighted by atomic mass is 9.99. The van der Waals surface area contributed by atoms with Gasteiger partial charge in [0.1, 0.15) is 29.4 Å². The van der Waals surface area contributed by atoms with Crippen molar-refractivity contribution in [3.05, 3.63) is 171 Å². The van der Waals surface area contributed by atoms with Gasteiger partial charge in [0.05, 0.1) is 16.2 Å². The van der Waals surface area contributed by atoms with Gasteiger partial charge in [0.15, 0.2) is 46.3 Å². The molecule has 0 saturated carbocycles. The largest absolute Gasteiger partial charge is 0.435 e. The summed E-state index contributed by atoms with van der Waals surface area (Å²) in [5.74, 6) is -8.76. The molecule has 1 unspecified atom stereocenters. The molecule has 0 radical (unpaired) electrons. The molecule has 0 amide bonds. The number of ether oxygens (including phenoxy) is 4. The molecule has 0 aliphatic carbocycles. The number of benzene rings is 5. The molecule has 1 atom stereocenters. The van der Waals surface area contributed by atoms with Crippen molar-refractivity contribution in [2.24, 2.45) is 0 Å². The maximum absolute atomic E-state index is 14.3. The molecule has 5 aromatic carbocycles. The Morgan fingerprint density at radius 1 is 0.533 bits per heavy atom. The Labute approximate surface area is 347 Å². The van der Waals surface area contributed by atoms with Gasteiger partial charge >= 0.3 is 12.0 Å². The second-order valence-corrected chi connectivity index (χ2v) is 13.8. The summed E-state index contributed by atoms with van der Waals surface area (Å²) in [4.78, 5) is 16.6. The van der Waals surface area contributed by atoms with E-state index in [1.165, 1.54) is 24.2 Å². The van der Waals surface area contributed by atoms with Crippen molar-refractivity contribution >= 4 is 27.7 Å². The number of rotatable bonds is 11. The van der Waals surface area contributed by atoms with Crippen LogP contribution in [0.5, 0.6) is 46.8 Å². The standard InChI is InChI=1S/C25H18F4N2O3S.C16H7BrF4N2O2/c1-13-3-6-16(35-2)11-17(13)23(32)18-12-30-25(34-22-8-5-15(27)10-20(22)29)31-24(18)33-21-7-4-14(26)9-19(21)28;17-10-7-22-16(25-14-4-2-9(19)6-12(14)21)23-15(10)24-13-3-1-8(18)5-11(13)20/h3-12,23,32H,1-2H3;1-7H. The molecule has 2 aromatic heterocycles. The minimum atomic E-state index is -1.28. The minimum Gasteiger partial charge on any atom is -0.435 e. The molecule has 0 bridgehead atoms. The quantitative estimate of drug-likeness (QED) is 0.0995. The number of hydrogen-bond donors (Lipinski definition) is 1. The predicted octanol–water partition coefficient (Wildman–Crippen LogP) is 12.1. The van der Waals surface area contributed by atoms with Crippen molar-refractivity contribution in [1.29, 1.82) is 0 Å². The van der Waals surface area contributed by atoms with E-state index in [-0.39, 0.29) is 50.8 Å². The molecule has 19 heteroatoms. The summed E-state index contributed by atoms with van der Waals surface area (Å²) in [5, 5.41) is 11.2. The lowest BCUT2D eigenvalue weighted by Gasteiger charge is -2.18. The van der Waals surface area contributed by atoms with E-state index in [1.54, 1.807) is 13.0 Å². The van der Waals surface area contributed by atoms with E-state index in [0.29, 0.717) is 29.8 Å². The number of aromatic nitrogens is 4. The first kappa shape index (κ1) is 43.3. The number of hydrogen-bond acceptors (Lipinski definition) is 10. The average Bonchev–Trinajstić information content (AvgIpc) is 3.20. The molecule has 2 heterocycles. The lowest BCUT2D eigenvalue weighted by molar-refractivity contribution is 0.212. The summed E-state index contributed by atoms with van der Waals surface area (Å²) in [6, 6.07) is 15.6. The molecule has 7 aromatic rings. The molecule has 0 aliphatic heterocycles. The SMILES string of the molecule is CSc1ccc(C)c(C(O)c2cnc(Oc3ccc(F)cc3F)nc2Oc2ccc(F)cc2F)c1.Fc1ccc(Oc2ncc(Br)c(Oc3ccc(F)cc3F)n2)c(F)c1. The molecule has 0 fully saturated rings. The van der Waals surface area contributed by atoms with E-state index < -0.39 is 58.7 Å². The van der Waals surface area contributed by atoms with Gasteiger partial charge in [0, 0.05) is 35.4 Å². The molecule has 9 nitrogen and oxygen atoms in total. The van der Waals surface area contributed by atoms with Gasteiger partial charge in [-0.15, -0.1) is 11.8 Å². The summed E-state index contributed by atoms with van der Waals surface area (Å²) in [6.45, 7) is 1.80. The van der Waals surface area contributed by atoms with Crippen LogP contribution < -0.4 is 18.9 Å². The summed E-state index contributed by atoms with van der Waals surface area (Å²) >= 11 is 4.59. The second-order valence-electron chi connectivity index (χ2n) is 12.1. The van der Waals surface area contributed by atoms with Gasteiger partial charge in [-0.2, -0.15) is 9.97 Å². The number of halogens is 9. The highest BCUT2D eigenvalue weighted by Crippen LogP contribution is 2.37. The predicted molar refractivity (Wildman–Crippen MR) is 205 cm³/mol. The van der Waals surface area contributed by atoms with Gasteiger partial charge in [0.2, 0.25) is 11.8 Å². The first-order valence-corrected chi connectivity index (χ1v) is 18.9. The Kier molecular flexibility index (Phi) is 13.8. The monoisotopic (exact) mass is 916 g/mol. The van der Waals surface area contributed by atoms with E-state index in [2.05, 4.69) is 35.9 Å². The van der Waals surface area contributed by atoms with Crippen molar-refractivity contribution in [3.63, 3.8) is 0 Å². The Morgan fingerprint density at radius 2 is 0.950 bits per heavy atom. The Bertz CT molecular complexity index is 2690. The first-order valence-electron chi connectivity index (χ1n) is 16.9. The van der Waals surface area contributed by atoms with Crippen LogP contribution in [0.4, 0.5) is 35.1 Å². The Hall–Kier alpha value is -6.31. The topological polar surface area (TPSA) is 109 Å². The lowest BCUT2D eigenvalue weighted by Crippen LogP contribution is -2.08. The number of thioether (sulfide) groups is 1. The van der Waals surface area contributed by atoms with Crippen LogP contribution in [0.1, 0.15) is 22.8 Å². The molecule has 0 spiro atoms. The summed E-state index contributed by atoms with van der Waals surface area (Å²) < 4.78 is 130.